The minimum Gasteiger partial charge on any atom is -0.395 e. The number of aryl methyl sites for hydroxylation is 1. The SMILES string of the molecule is CCCCCCc1ccc(C(O)CN(C)CCO)cc1. The summed E-state index contributed by atoms with van der Waals surface area (Å²) in [5.41, 5.74) is 2.30. The van der Waals surface area contributed by atoms with E-state index in [1.807, 2.05) is 24.1 Å². The van der Waals surface area contributed by atoms with Gasteiger partial charge in [-0.1, -0.05) is 50.5 Å². The lowest BCUT2D eigenvalue weighted by molar-refractivity contribution is 0.115. The highest BCUT2D eigenvalue weighted by Crippen LogP contribution is 2.16. The van der Waals surface area contributed by atoms with E-state index in [1.165, 1.54) is 31.2 Å². The van der Waals surface area contributed by atoms with Crippen LogP contribution in [0.1, 0.15) is 49.8 Å². The first-order valence-electron chi connectivity index (χ1n) is 7.73. The normalized spacial score (nSPS) is 12.8. The third-order valence-electron chi connectivity index (χ3n) is 3.65. The van der Waals surface area contributed by atoms with Crippen molar-refractivity contribution >= 4 is 0 Å². The summed E-state index contributed by atoms with van der Waals surface area (Å²) in [6.45, 7) is 3.49. The number of benzene rings is 1. The summed E-state index contributed by atoms with van der Waals surface area (Å²) >= 11 is 0. The average Bonchev–Trinajstić information content (AvgIpc) is 2.44. The fraction of sp³-hybridized carbons (Fsp3) is 0.647. The van der Waals surface area contributed by atoms with E-state index in [1.54, 1.807) is 0 Å². The number of nitrogens with zero attached hydrogens (tertiary/aromatic N) is 1. The van der Waals surface area contributed by atoms with Crippen LogP contribution >= 0.6 is 0 Å². The van der Waals surface area contributed by atoms with Gasteiger partial charge in [-0.3, -0.25) is 0 Å². The van der Waals surface area contributed by atoms with E-state index in [-0.39, 0.29) is 6.61 Å². The van der Waals surface area contributed by atoms with Gasteiger partial charge in [-0.2, -0.15) is 0 Å². The number of aliphatic hydroxyl groups is 2. The predicted molar refractivity (Wildman–Crippen MR) is 83.8 cm³/mol. The van der Waals surface area contributed by atoms with Crippen molar-refractivity contribution in [3.8, 4) is 0 Å². The Morgan fingerprint density at radius 2 is 1.80 bits per heavy atom. The summed E-state index contributed by atoms with van der Waals surface area (Å²) in [7, 11) is 1.90. The Balaban J connectivity index is 2.40. The summed E-state index contributed by atoms with van der Waals surface area (Å²) in [5, 5.41) is 19.0. The van der Waals surface area contributed by atoms with Gasteiger partial charge in [-0.25, -0.2) is 0 Å². The van der Waals surface area contributed by atoms with Gasteiger partial charge in [0.2, 0.25) is 0 Å². The van der Waals surface area contributed by atoms with Gasteiger partial charge in [0, 0.05) is 13.1 Å². The molecule has 1 unspecified atom stereocenters. The lowest BCUT2D eigenvalue weighted by Gasteiger charge is -2.19. The number of likely N-dealkylation sites (N-methyl/N-ethyl adjacent to an activating group) is 1. The molecule has 0 aliphatic heterocycles. The highest BCUT2D eigenvalue weighted by Gasteiger charge is 2.10. The number of hydrogen-bond acceptors (Lipinski definition) is 3. The number of rotatable bonds is 10. The summed E-state index contributed by atoms with van der Waals surface area (Å²) in [5.74, 6) is 0. The lowest BCUT2D eigenvalue weighted by atomic mass is 10.0. The van der Waals surface area contributed by atoms with Crippen LogP contribution in [-0.4, -0.2) is 41.9 Å². The van der Waals surface area contributed by atoms with Gasteiger partial charge in [0.05, 0.1) is 12.7 Å². The smallest absolute Gasteiger partial charge is 0.0916 e. The number of hydrogen-bond donors (Lipinski definition) is 2. The molecule has 0 spiro atoms. The molecule has 1 rings (SSSR count). The third kappa shape index (κ3) is 6.51. The largest absolute Gasteiger partial charge is 0.395 e. The van der Waals surface area contributed by atoms with E-state index in [9.17, 15) is 5.11 Å². The summed E-state index contributed by atoms with van der Waals surface area (Å²) in [6.07, 6.45) is 5.77. The molecule has 0 fully saturated rings. The second-order valence-corrected chi connectivity index (χ2v) is 5.55. The van der Waals surface area contributed by atoms with Crippen LogP contribution < -0.4 is 0 Å². The standard InChI is InChI=1S/C17H29NO2/c1-3-4-5-6-7-15-8-10-16(11-9-15)17(20)14-18(2)12-13-19/h8-11,17,19-20H,3-7,12-14H2,1-2H3. The van der Waals surface area contributed by atoms with Crippen LogP contribution in [0.2, 0.25) is 0 Å². The highest BCUT2D eigenvalue weighted by atomic mass is 16.3. The van der Waals surface area contributed by atoms with Crippen LogP contribution in [0.5, 0.6) is 0 Å². The van der Waals surface area contributed by atoms with Crippen LogP contribution in [0.25, 0.3) is 0 Å². The summed E-state index contributed by atoms with van der Waals surface area (Å²) in [6, 6.07) is 8.28. The van der Waals surface area contributed by atoms with E-state index >= 15 is 0 Å². The number of unbranched alkanes of at least 4 members (excludes halogenated alkanes) is 3. The van der Waals surface area contributed by atoms with Gasteiger partial charge in [0.25, 0.3) is 0 Å². The molecule has 0 amide bonds. The molecule has 1 atom stereocenters. The molecule has 0 aliphatic carbocycles. The Bertz CT molecular complexity index is 351. The Morgan fingerprint density at radius 3 is 2.40 bits per heavy atom. The zero-order valence-electron chi connectivity index (χ0n) is 12.9. The molecule has 0 bridgehead atoms. The van der Waals surface area contributed by atoms with Crippen molar-refractivity contribution < 1.29 is 10.2 Å². The van der Waals surface area contributed by atoms with Gasteiger partial charge in [-0.05, 0) is 31.0 Å². The first-order chi connectivity index (χ1) is 9.67. The first kappa shape index (κ1) is 17.2. The molecule has 0 radical (unpaired) electrons. The van der Waals surface area contributed by atoms with E-state index in [0.717, 1.165) is 12.0 Å². The molecular formula is C17H29NO2. The fourth-order valence-electron chi connectivity index (χ4n) is 2.32. The van der Waals surface area contributed by atoms with E-state index in [4.69, 9.17) is 5.11 Å². The van der Waals surface area contributed by atoms with Gasteiger partial charge in [0.15, 0.2) is 0 Å². The maximum absolute atomic E-state index is 10.1. The molecule has 0 saturated carbocycles. The molecule has 0 saturated heterocycles. The Morgan fingerprint density at radius 1 is 1.10 bits per heavy atom. The predicted octanol–water partition coefficient (Wildman–Crippen LogP) is 2.77. The molecular weight excluding hydrogens is 250 g/mol. The van der Waals surface area contributed by atoms with Gasteiger partial charge in [-0.15, -0.1) is 0 Å². The monoisotopic (exact) mass is 279 g/mol. The molecule has 114 valence electrons. The van der Waals surface area contributed by atoms with Crippen molar-refractivity contribution in [1.82, 2.24) is 4.90 Å². The summed E-state index contributed by atoms with van der Waals surface area (Å²) < 4.78 is 0. The van der Waals surface area contributed by atoms with Crippen molar-refractivity contribution in [2.45, 2.75) is 45.1 Å². The molecule has 20 heavy (non-hydrogen) atoms. The zero-order chi connectivity index (χ0) is 14.8. The van der Waals surface area contributed by atoms with Crippen LogP contribution in [0.3, 0.4) is 0 Å². The highest BCUT2D eigenvalue weighted by molar-refractivity contribution is 5.24. The fourth-order valence-corrected chi connectivity index (χ4v) is 2.32. The molecule has 0 heterocycles. The van der Waals surface area contributed by atoms with E-state index in [2.05, 4.69) is 19.1 Å². The maximum atomic E-state index is 10.1. The molecule has 1 aromatic rings. The van der Waals surface area contributed by atoms with Crippen LogP contribution in [-0.2, 0) is 6.42 Å². The van der Waals surface area contributed by atoms with Crippen molar-refractivity contribution in [2.24, 2.45) is 0 Å². The van der Waals surface area contributed by atoms with Crippen molar-refractivity contribution in [1.29, 1.82) is 0 Å². The second-order valence-electron chi connectivity index (χ2n) is 5.55. The quantitative estimate of drug-likeness (QED) is 0.647. The Hall–Kier alpha value is -0.900. The molecule has 2 N–H and O–H groups in total. The number of aliphatic hydroxyl groups excluding tert-OH is 2. The second kappa shape index (κ2) is 9.92. The third-order valence-corrected chi connectivity index (χ3v) is 3.65. The van der Waals surface area contributed by atoms with Crippen molar-refractivity contribution in [3.63, 3.8) is 0 Å². The van der Waals surface area contributed by atoms with E-state index < -0.39 is 6.10 Å². The van der Waals surface area contributed by atoms with Gasteiger partial charge in [0.1, 0.15) is 0 Å². The summed E-state index contributed by atoms with van der Waals surface area (Å²) in [4.78, 5) is 1.93. The average molecular weight is 279 g/mol. The Kier molecular flexibility index (Phi) is 8.51. The van der Waals surface area contributed by atoms with Gasteiger partial charge < -0.3 is 15.1 Å². The topological polar surface area (TPSA) is 43.7 Å². The Labute approximate surface area is 123 Å². The maximum Gasteiger partial charge on any atom is 0.0916 e. The molecule has 3 heteroatoms. The van der Waals surface area contributed by atoms with Gasteiger partial charge >= 0.3 is 0 Å². The zero-order valence-corrected chi connectivity index (χ0v) is 12.9. The molecule has 0 aromatic heterocycles. The molecule has 1 aromatic carbocycles. The molecule has 3 nitrogen and oxygen atoms in total. The van der Waals surface area contributed by atoms with Crippen LogP contribution in [0.4, 0.5) is 0 Å². The van der Waals surface area contributed by atoms with E-state index in [0.29, 0.717) is 13.1 Å². The minimum atomic E-state index is -0.485. The first-order valence-corrected chi connectivity index (χ1v) is 7.73. The van der Waals surface area contributed by atoms with Crippen LogP contribution in [0.15, 0.2) is 24.3 Å². The molecule has 0 aliphatic rings. The lowest BCUT2D eigenvalue weighted by Crippen LogP contribution is -2.27. The minimum absolute atomic E-state index is 0.125. The van der Waals surface area contributed by atoms with Crippen molar-refractivity contribution in [3.05, 3.63) is 35.4 Å². The van der Waals surface area contributed by atoms with Crippen LogP contribution in [0, 0.1) is 0 Å². The van der Waals surface area contributed by atoms with Crippen molar-refractivity contribution in [2.75, 3.05) is 26.7 Å².